The third-order valence-electron chi connectivity index (χ3n) is 4.22. The van der Waals surface area contributed by atoms with Crippen LogP contribution >= 0.6 is 0 Å². The van der Waals surface area contributed by atoms with Gasteiger partial charge in [0.05, 0.1) is 0 Å². The number of rotatable bonds is 6. The van der Waals surface area contributed by atoms with Crippen molar-refractivity contribution in [3.63, 3.8) is 0 Å². The summed E-state index contributed by atoms with van der Waals surface area (Å²) in [6.07, 6.45) is 0.903. The minimum Gasteiger partial charge on any atom is -0.477 e. The van der Waals surface area contributed by atoms with E-state index in [1.54, 1.807) is 0 Å². The fraction of sp³-hybridized carbons (Fsp3) is 0.250. The summed E-state index contributed by atoms with van der Waals surface area (Å²) < 4.78 is 1.95. The van der Waals surface area contributed by atoms with E-state index in [4.69, 9.17) is 0 Å². The molecule has 1 heterocycles. The minimum atomic E-state index is -0.880. The highest BCUT2D eigenvalue weighted by atomic mass is 16.4. The molecule has 0 radical (unpaired) electrons. The van der Waals surface area contributed by atoms with E-state index in [-0.39, 0.29) is 0 Å². The zero-order chi connectivity index (χ0) is 17.1. The predicted molar refractivity (Wildman–Crippen MR) is 97.5 cm³/mol. The van der Waals surface area contributed by atoms with Gasteiger partial charge in [0.1, 0.15) is 5.69 Å². The van der Waals surface area contributed by atoms with Crippen molar-refractivity contribution >= 4 is 16.9 Å². The van der Waals surface area contributed by atoms with Gasteiger partial charge in [-0.05, 0) is 38.7 Å². The van der Waals surface area contributed by atoms with E-state index in [1.807, 2.05) is 73.3 Å². The van der Waals surface area contributed by atoms with E-state index in [0.29, 0.717) is 12.2 Å². The Balaban J connectivity index is 2.19. The van der Waals surface area contributed by atoms with Crippen LogP contribution in [0.15, 0.2) is 54.6 Å². The predicted octanol–water partition coefficient (Wildman–Crippen LogP) is 3.96. The molecule has 3 aromatic rings. The first-order valence-corrected chi connectivity index (χ1v) is 8.14. The second-order valence-electron chi connectivity index (χ2n) is 6.22. The van der Waals surface area contributed by atoms with Gasteiger partial charge in [0.15, 0.2) is 0 Å². The minimum absolute atomic E-state index is 0.376. The van der Waals surface area contributed by atoms with Crippen LogP contribution in [0.1, 0.15) is 16.9 Å². The Hall–Kier alpha value is -2.59. The fourth-order valence-electron chi connectivity index (χ4n) is 3.20. The number of nitrogens with zero attached hydrogens (tertiary/aromatic N) is 2. The molecule has 0 bridgehead atoms. The van der Waals surface area contributed by atoms with Crippen LogP contribution in [0.4, 0.5) is 0 Å². The Morgan fingerprint density at radius 2 is 1.71 bits per heavy atom. The molecule has 0 aliphatic rings. The highest BCUT2D eigenvalue weighted by Crippen LogP contribution is 2.35. The molecule has 124 valence electrons. The Labute approximate surface area is 141 Å². The number of aromatic nitrogens is 1. The fourth-order valence-corrected chi connectivity index (χ4v) is 3.20. The van der Waals surface area contributed by atoms with Crippen molar-refractivity contribution in [1.29, 1.82) is 0 Å². The Bertz CT molecular complexity index is 851. The molecule has 1 aromatic heterocycles. The number of para-hydroxylation sites is 1. The molecule has 0 saturated carbocycles. The average Bonchev–Trinajstić information content (AvgIpc) is 2.90. The molecule has 0 saturated heterocycles. The topological polar surface area (TPSA) is 45.5 Å². The summed E-state index contributed by atoms with van der Waals surface area (Å²) >= 11 is 0. The van der Waals surface area contributed by atoms with Crippen LogP contribution in [-0.2, 0) is 6.54 Å². The molecule has 0 spiro atoms. The Morgan fingerprint density at radius 1 is 1.04 bits per heavy atom. The number of hydrogen-bond donors (Lipinski definition) is 1. The third kappa shape index (κ3) is 3.05. The molecule has 3 rings (SSSR count). The summed E-state index contributed by atoms with van der Waals surface area (Å²) in [7, 11) is 4.06. The summed E-state index contributed by atoms with van der Waals surface area (Å²) in [5, 5.41) is 10.9. The summed E-state index contributed by atoms with van der Waals surface area (Å²) in [5.41, 5.74) is 3.11. The molecule has 0 amide bonds. The van der Waals surface area contributed by atoms with Gasteiger partial charge in [0.25, 0.3) is 0 Å². The molecular weight excluding hydrogens is 300 g/mol. The van der Waals surface area contributed by atoms with Crippen molar-refractivity contribution in [2.75, 3.05) is 20.6 Å². The molecule has 0 aliphatic carbocycles. The quantitative estimate of drug-likeness (QED) is 0.747. The second kappa shape index (κ2) is 6.89. The molecule has 4 heteroatoms. The number of benzene rings is 2. The van der Waals surface area contributed by atoms with Gasteiger partial charge in [0.2, 0.25) is 0 Å². The number of carboxylic acids is 1. The SMILES string of the molecule is CN(C)CCCn1c(C(=O)O)c(-c2ccccc2)c2ccccc21. The van der Waals surface area contributed by atoms with Gasteiger partial charge in [-0.15, -0.1) is 0 Å². The standard InChI is InChI=1S/C20H22N2O2/c1-21(2)13-8-14-22-17-12-7-6-11-16(17)18(19(22)20(23)24)15-9-4-3-5-10-15/h3-7,9-12H,8,13-14H2,1-2H3,(H,23,24). The van der Waals surface area contributed by atoms with Crippen molar-refractivity contribution in [3.05, 3.63) is 60.3 Å². The summed E-state index contributed by atoms with van der Waals surface area (Å²) in [5.74, 6) is -0.880. The van der Waals surface area contributed by atoms with Crippen molar-refractivity contribution in [2.45, 2.75) is 13.0 Å². The van der Waals surface area contributed by atoms with E-state index >= 15 is 0 Å². The lowest BCUT2D eigenvalue weighted by atomic mass is 10.0. The summed E-state index contributed by atoms with van der Waals surface area (Å²) in [6.45, 7) is 1.61. The van der Waals surface area contributed by atoms with Crippen molar-refractivity contribution in [1.82, 2.24) is 9.47 Å². The van der Waals surface area contributed by atoms with Crippen LogP contribution in [0.25, 0.3) is 22.0 Å². The van der Waals surface area contributed by atoms with E-state index in [2.05, 4.69) is 4.90 Å². The van der Waals surface area contributed by atoms with Crippen LogP contribution in [0, 0.1) is 0 Å². The van der Waals surface area contributed by atoms with E-state index in [0.717, 1.165) is 35.0 Å². The largest absolute Gasteiger partial charge is 0.477 e. The lowest BCUT2D eigenvalue weighted by molar-refractivity contribution is 0.0686. The van der Waals surface area contributed by atoms with Crippen LogP contribution in [0.3, 0.4) is 0 Å². The van der Waals surface area contributed by atoms with Gasteiger partial charge in [-0.2, -0.15) is 0 Å². The molecule has 0 atom stereocenters. The normalized spacial score (nSPS) is 11.3. The van der Waals surface area contributed by atoms with Gasteiger partial charge in [0, 0.05) is 23.0 Å². The van der Waals surface area contributed by atoms with Gasteiger partial charge in [-0.25, -0.2) is 4.79 Å². The maximum Gasteiger partial charge on any atom is 0.353 e. The maximum atomic E-state index is 12.1. The smallest absolute Gasteiger partial charge is 0.353 e. The third-order valence-corrected chi connectivity index (χ3v) is 4.22. The maximum absolute atomic E-state index is 12.1. The lowest BCUT2D eigenvalue weighted by Crippen LogP contribution is -2.17. The van der Waals surface area contributed by atoms with E-state index in [1.165, 1.54) is 0 Å². The monoisotopic (exact) mass is 322 g/mol. The number of aromatic carboxylic acids is 1. The van der Waals surface area contributed by atoms with Crippen molar-refractivity contribution < 1.29 is 9.90 Å². The highest BCUT2D eigenvalue weighted by molar-refractivity contribution is 6.08. The zero-order valence-corrected chi connectivity index (χ0v) is 14.1. The van der Waals surface area contributed by atoms with E-state index in [9.17, 15) is 9.90 Å². The summed E-state index contributed by atoms with van der Waals surface area (Å²) in [4.78, 5) is 14.2. The van der Waals surface area contributed by atoms with Crippen molar-refractivity contribution in [3.8, 4) is 11.1 Å². The van der Waals surface area contributed by atoms with Gasteiger partial charge in [-0.3, -0.25) is 0 Å². The number of aryl methyl sites for hydroxylation is 1. The average molecular weight is 322 g/mol. The molecular formula is C20H22N2O2. The van der Waals surface area contributed by atoms with Gasteiger partial charge < -0.3 is 14.6 Å². The van der Waals surface area contributed by atoms with E-state index < -0.39 is 5.97 Å². The first-order valence-electron chi connectivity index (χ1n) is 8.14. The van der Waals surface area contributed by atoms with Gasteiger partial charge >= 0.3 is 5.97 Å². The Morgan fingerprint density at radius 3 is 2.38 bits per heavy atom. The lowest BCUT2D eigenvalue weighted by Gasteiger charge is -2.12. The van der Waals surface area contributed by atoms with Gasteiger partial charge in [-0.1, -0.05) is 48.5 Å². The van der Waals surface area contributed by atoms with Crippen LogP contribution < -0.4 is 0 Å². The molecule has 2 aromatic carbocycles. The zero-order valence-electron chi connectivity index (χ0n) is 14.1. The highest BCUT2D eigenvalue weighted by Gasteiger charge is 2.22. The number of fused-ring (bicyclic) bond motifs is 1. The first kappa shape index (κ1) is 16.3. The summed E-state index contributed by atoms with van der Waals surface area (Å²) in [6, 6.07) is 17.7. The van der Waals surface area contributed by atoms with Crippen molar-refractivity contribution in [2.24, 2.45) is 0 Å². The second-order valence-corrected chi connectivity index (χ2v) is 6.22. The number of hydrogen-bond acceptors (Lipinski definition) is 2. The molecule has 0 aliphatic heterocycles. The molecule has 4 nitrogen and oxygen atoms in total. The molecule has 0 unspecified atom stereocenters. The molecule has 1 N–H and O–H groups in total. The van der Waals surface area contributed by atoms with Crippen LogP contribution in [0.5, 0.6) is 0 Å². The number of carboxylic acid groups (broad SMARTS) is 1. The molecule has 0 fully saturated rings. The number of carbonyl (C=O) groups is 1. The Kier molecular flexibility index (Phi) is 4.67. The molecule has 24 heavy (non-hydrogen) atoms. The van der Waals surface area contributed by atoms with Crippen LogP contribution in [0.2, 0.25) is 0 Å². The first-order chi connectivity index (χ1) is 11.6. The van der Waals surface area contributed by atoms with Crippen LogP contribution in [-0.4, -0.2) is 41.2 Å².